The Balaban J connectivity index is 1.66. The van der Waals surface area contributed by atoms with Crippen LogP contribution >= 0.6 is 0 Å². The average molecular weight is 311 g/mol. The van der Waals surface area contributed by atoms with E-state index < -0.39 is 0 Å². The summed E-state index contributed by atoms with van der Waals surface area (Å²) in [6.07, 6.45) is 10.4. The highest BCUT2D eigenvalue weighted by molar-refractivity contribution is 5.81. The summed E-state index contributed by atoms with van der Waals surface area (Å²) >= 11 is 0. The highest BCUT2D eigenvalue weighted by atomic mass is 16.3. The zero-order chi connectivity index (χ0) is 16.2. The maximum Gasteiger partial charge on any atom is 0.224 e. The molecule has 0 aliphatic heterocycles. The predicted octanol–water partition coefficient (Wildman–Crippen LogP) is 2.72. The van der Waals surface area contributed by atoms with Crippen molar-refractivity contribution in [1.29, 1.82) is 0 Å². The molecule has 2 aliphatic carbocycles. The van der Waals surface area contributed by atoms with Gasteiger partial charge in [-0.15, -0.1) is 0 Å². The number of carbonyl (C=O) groups is 1. The Morgan fingerprint density at radius 2 is 2.04 bits per heavy atom. The van der Waals surface area contributed by atoms with E-state index in [4.69, 9.17) is 0 Å². The van der Waals surface area contributed by atoms with Crippen LogP contribution in [-0.4, -0.2) is 23.7 Å². The highest BCUT2D eigenvalue weighted by Gasteiger charge is 2.46. The summed E-state index contributed by atoms with van der Waals surface area (Å²) in [5.74, 6) is 1.22. The van der Waals surface area contributed by atoms with Crippen LogP contribution in [0.1, 0.15) is 18.9 Å². The zero-order valence-corrected chi connectivity index (χ0v) is 13.6. The number of amides is 1. The molecule has 0 aromatic heterocycles. The molecule has 1 amide bonds. The van der Waals surface area contributed by atoms with E-state index in [-0.39, 0.29) is 24.5 Å². The third-order valence-electron chi connectivity index (χ3n) is 5.13. The van der Waals surface area contributed by atoms with Crippen LogP contribution in [0.15, 0.2) is 54.6 Å². The molecule has 0 radical (unpaired) electrons. The van der Waals surface area contributed by atoms with Crippen LogP contribution in [0.2, 0.25) is 0 Å². The van der Waals surface area contributed by atoms with E-state index in [1.54, 1.807) is 0 Å². The van der Waals surface area contributed by atoms with E-state index in [2.05, 4.69) is 23.5 Å². The molecule has 2 bridgehead atoms. The molecule has 0 unspecified atom stereocenters. The lowest BCUT2D eigenvalue weighted by Crippen LogP contribution is -2.45. The van der Waals surface area contributed by atoms with Gasteiger partial charge in [-0.1, -0.05) is 54.6 Å². The molecule has 3 nitrogen and oxygen atoms in total. The number of hydrogen-bond acceptors (Lipinski definition) is 2. The molecule has 0 heterocycles. The van der Waals surface area contributed by atoms with E-state index in [0.29, 0.717) is 24.2 Å². The summed E-state index contributed by atoms with van der Waals surface area (Å²) in [5.41, 5.74) is 1.13. The van der Waals surface area contributed by atoms with Gasteiger partial charge in [0.2, 0.25) is 5.91 Å². The molecular formula is C20H25NO2. The first-order valence-corrected chi connectivity index (χ1v) is 8.49. The van der Waals surface area contributed by atoms with Crippen molar-refractivity contribution in [3.05, 3.63) is 60.2 Å². The van der Waals surface area contributed by atoms with Crippen LogP contribution in [0.3, 0.4) is 0 Å². The van der Waals surface area contributed by atoms with E-state index in [1.165, 1.54) is 0 Å². The number of allylic oxidation sites excluding steroid dienone is 4. The SMILES string of the molecule is C/C=C/[C@@H]1[C@H](C(=O)N[C@H](CO)Cc2ccccc2)[C@H]2C=C[C@@H]1C2. The van der Waals surface area contributed by atoms with Crippen LogP contribution in [0, 0.1) is 23.7 Å². The number of aliphatic hydroxyl groups excluding tert-OH is 1. The molecule has 1 aromatic carbocycles. The van der Waals surface area contributed by atoms with Crippen molar-refractivity contribution in [3.63, 3.8) is 0 Å². The summed E-state index contributed by atoms with van der Waals surface area (Å²) < 4.78 is 0. The van der Waals surface area contributed by atoms with Gasteiger partial charge in [0, 0.05) is 0 Å². The second-order valence-electron chi connectivity index (χ2n) is 6.66. The molecule has 1 fully saturated rings. The van der Waals surface area contributed by atoms with E-state index in [1.807, 2.05) is 43.3 Å². The molecule has 1 saturated carbocycles. The molecule has 2 aliphatic rings. The Labute approximate surface area is 138 Å². The summed E-state index contributed by atoms with van der Waals surface area (Å²) in [7, 11) is 0. The molecule has 122 valence electrons. The first kappa shape index (κ1) is 16.0. The molecule has 3 heteroatoms. The van der Waals surface area contributed by atoms with Crippen molar-refractivity contribution in [2.24, 2.45) is 23.7 Å². The minimum atomic E-state index is -0.223. The van der Waals surface area contributed by atoms with Crippen molar-refractivity contribution >= 4 is 5.91 Å². The Hall–Kier alpha value is -1.87. The third kappa shape index (κ3) is 3.40. The first-order valence-electron chi connectivity index (χ1n) is 8.49. The molecule has 23 heavy (non-hydrogen) atoms. The number of carbonyl (C=O) groups excluding carboxylic acids is 1. The molecule has 3 rings (SSSR count). The Morgan fingerprint density at radius 1 is 1.30 bits per heavy atom. The van der Waals surface area contributed by atoms with Gasteiger partial charge >= 0.3 is 0 Å². The van der Waals surface area contributed by atoms with Crippen LogP contribution in [0.4, 0.5) is 0 Å². The van der Waals surface area contributed by atoms with Gasteiger partial charge in [0.1, 0.15) is 0 Å². The van der Waals surface area contributed by atoms with Crippen LogP contribution in [-0.2, 0) is 11.2 Å². The fourth-order valence-electron chi connectivity index (χ4n) is 4.07. The normalized spacial score (nSPS) is 30.0. The topological polar surface area (TPSA) is 49.3 Å². The van der Waals surface area contributed by atoms with Crippen molar-refractivity contribution in [3.8, 4) is 0 Å². The highest BCUT2D eigenvalue weighted by Crippen LogP contribution is 2.48. The standard InChI is InChI=1S/C20H25NO2/c1-2-6-18-15-9-10-16(12-15)19(18)20(23)21-17(13-22)11-14-7-4-3-5-8-14/h2-10,15-19,22H,11-13H2,1H3,(H,21,23)/b6-2+/t15-,16+,17+,18+,19-/m1/s1. The second kappa shape index (κ2) is 7.14. The molecule has 1 aromatic rings. The monoisotopic (exact) mass is 311 g/mol. The molecule has 2 N–H and O–H groups in total. The van der Waals surface area contributed by atoms with Crippen molar-refractivity contribution in [1.82, 2.24) is 5.32 Å². The number of aliphatic hydroxyl groups is 1. The predicted molar refractivity (Wildman–Crippen MR) is 91.7 cm³/mol. The fourth-order valence-corrected chi connectivity index (χ4v) is 4.07. The first-order chi connectivity index (χ1) is 11.2. The Kier molecular flexibility index (Phi) is 4.97. The number of hydrogen-bond donors (Lipinski definition) is 2. The lowest BCUT2D eigenvalue weighted by atomic mass is 9.82. The van der Waals surface area contributed by atoms with Gasteiger partial charge in [0.15, 0.2) is 0 Å². The van der Waals surface area contributed by atoms with Gasteiger partial charge in [-0.25, -0.2) is 0 Å². The quantitative estimate of drug-likeness (QED) is 0.794. The molecule has 0 saturated heterocycles. The van der Waals surface area contributed by atoms with Crippen LogP contribution < -0.4 is 5.32 Å². The van der Waals surface area contributed by atoms with Crippen molar-refractivity contribution in [2.75, 3.05) is 6.61 Å². The van der Waals surface area contributed by atoms with Gasteiger partial charge in [-0.05, 0) is 43.1 Å². The largest absolute Gasteiger partial charge is 0.394 e. The minimum Gasteiger partial charge on any atom is -0.394 e. The Bertz CT molecular complexity index is 593. The van der Waals surface area contributed by atoms with Gasteiger partial charge in [0.05, 0.1) is 18.6 Å². The van der Waals surface area contributed by atoms with Crippen LogP contribution in [0.25, 0.3) is 0 Å². The number of benzene rings is 1. The van der Waals surface area contributed by atoms with Crippen LogP contribution in [0.5, 0.6) is 0 Å². The lowest BCUT2D eigenvalue weighted by molar-refractivity contribution is -0.127. The Morgan fingerprint density at radius 3 is 2.74 bits per heavy atom. The summed E-state index contributed by atoms with van der Waals surface area (Å²) in [6.45, 7) is 1.97. The van der Waals surface area contributed by atoms with E-state index >= 15 is 0 Å². The van der Waals surface area contributed by atoms with Crippen molar-refractivity contribution in [2.45, 2.75) is 25.8 Å². The fraction of sp³-hybridized carbons (Fsp3) is 0.450. The maximum absolute atomic E-state index is 12.8. The minimum absolute atomic E-state index is 0.00558. The third-order valence-corrected chi connectivity index (χ3v) is 5.13. The molecule has 0 spiro atoms. The summed E-state index contributed by atoms with van der Waals surface area (Å²) in [5, 5.41) is 12.7. The second-order valence-corrected chi connectivity index (χ2v) is 6.66. The smallest absolute Gasteiger partial charge is 0.224 e. The summed E-state index contributed by atoms with van der Waals surface area (Å²) in [4.78, 5) is 12.8. The number of rotatable bonds is 6. The van der Waals surface area contributed by atoms with Gasteiger partial charge in [0.25, 0.3) is 0 Å². The number of nitrogens with one attached hydrogen (secondary N) is 1. The van der Waals surface area contributed by atoms with Gasteiger partial charge < -0.3 is 10.4 Å². The van der Waals surface area contributed by atoms with Gasteiger partial charge in [-0.2, -0.15) is 0 Å². The lowest BCUT2D eigenvalue weighted by Gasteiger charge is -2.27. The number of fused-ring (bicyclic) bond motifs is 2. The zero-order valence-electron chi connectivity index (χ0n) is 13.6. The van der Waals surface area contributed by atoms with E-state index in [0.717, 1.165) is 12.0 Å². The molecular weight excluding hydrogens is 286 g/mol. The van der Waals surface area contributed by atoms with Gasteiger partial charge in [-0.3, -0.25) is 4.79 Å². The maximum atomic E-state index is 12.8. The summed E-state index contributed by atoms with van der Waals surface area (Å²) in [6, 6.07) is 9.76. The average Bonchev–Trinajstić information content (AvgIpc) is 3.17. The van der Waals surface area contributed by atoms with E-state index in [9.17, 15) is 9.90 Å². The van der Waals surface area contributed by atoms with Crippen molar-refractivity contribution < 1.29 is 9.90 Å². The molecule has 5 atom stereocenters.